The second-order valence-corrected chi connectivity index (χ2v) is 8.19. The topological polar surface area (TPSA) is 97.5 Å². The summed E-state index contributed by atoms with van der Waals surface area (Å²) in [7, 11) is 0. The number of hydrogen-bond donors (Lipinski definition) is 1. The second-order valence-electron chi connectivity index (χ2n) is 8.19. The molecule has 3 fully saturated rings. The van der Waals surface area contributed by atoms with Crippen LogP contribution in [0.4, 0.5) is 19.1 Å². The predicted molar refractivity (Wildman–Crippen MR) is 107 cm³/mol. The molecule has 0 saturated carbocycles. The Bertz CT molecular complexity index is 1070. The van der Waals surface area contributed by atoms with E-state index in [9.17, 15) is 18.0 Å². The van der Waals surface area contributed by atoms with Gasteiger partial charge >= 0.3 is 0 Å². The van der Waals surface area contributed by atoms with Gasteiger partial charge in [-0.2, -0.15) is 4.98 Å². The first kappa shape index (κ1) is 20.7. The zero-order valence-electron chi connectivity index (χ0n) is 17.0. The number of carbonyl (C=O) groups is 1. The first-order valence-electron chi connectivity index (χ1n) is 10.4. The molecule has 3 aliphatic rings. The van der Waals surface area contributed by atoms with E-state index in [4.69, 9.17) is 10.5 Å². The van der Waals surface area contributed by atoms with Gasteiger partial charge in [0, 0.05) is 38.2 Å². The third-order valence-electron chi connectivity index (χ3n) is 6.36. The lowest BCUT2D eigenvalue weighted by atomic mass is 9.89. The van der Waals surface area contributed by atoms with E-state index in [0.29, 0.717) is 50.3 Å². The zero-order valence-corrected chi connectivity index (χ0v) is 17.0. The normalized spacial score (nSPS) is 25.0. The van der Waals surface area contributed by atoms with E-state index in [-0.39, 0.29) is 11.7 Å². The van der Waals surface area contributed by atoms with Crippen molar-refractivity contribution in [3.05, 3.63) is 53.7 Å². The van der Waals surface area contributed by atoms with E-state index in [1.54, 1.807) is 4.90 Å². The molecule has 3 saturated heterocycles. The Hall–Kier alpha value is -3.21. The van der Waals surface area contributed by atoms with Gasteiger partial charge in [-0.25, -0.2) is 23.1 Å². The smallest absolute Gasteiger partial charge is 0.257 e. The van der Waals surface area contributed by atoms with Crippen molar-refractivity contribution >= 4 is 17.7 Å². The van der Waals surface area contributed by atoms with Crippen molar-refractivity contribution in [2.45, 2.75) is 43.6 Å². The number of piperidine rings is 1. The van der Waals surface area contributed by atoms with Crippen molar-refractivity contribution in [2.75, 3.05) is 18.0 Å². The molecule has 2 aromatic rings. The van der Waals surface area contributed by atoms with Crippen LogP contribution in [0.1, 0.15) is 43.1 Å². The molecule has 1 spiro atoms. The Balaban J connectivity index is 1.33. The quantitative estimate of drug-likeness (QED) is 0.773. The number of nitrogens with zero attached hydrogens (tertiary/aromatic N) is 5. The standard InChI is InChI=1S/C21H21F3N6O2/c22-13-7-12(8-14(23)9-13)16-1-2-17-30(16)19(31)21(32-17)3-5-29(6-4-21)20-27-11-26-18(28-20)15(24)10-25/h7-11,16-17H,1-6,25H2/b15-10+/t16-,17+/m0/s1. The minimum Gasteiger partial charge on any atom is -0.402 e. The number of anilines is 1. The maximum absolute atomic E-state index is 13.7. The molecule has 1 amide bonds. The number of nitrogens with two attached hydrogens (primary N) is 1. The second kappa shape index (κ2) is 7.73. The fraction of sp³-hybridized carbons (Fsp3) is 0.429. The van der Waals surface area contributed by atoms with E-state index >= 15 is 0 Å². The first-order chi connectivity index (χ1) is 15.4. The van der Waals surface area contributed by atoms with Crippen molar-refractivity contribution in [3.63, 3.8) is 0 Å². The summed E-state index contributed by atoms with van der Waals surface area (Å²) in [6, 6.07) is 2.93. The Kier molecular flexibility index (Phi) is 5.00. The number of carbonyl (C=O) groups excluding carboxylic acids is 1. The molecule has 1 aromatic heterocycles. The number of fused-ring (bicyclic) bond motifs is 1. The molecule has 0 radical (unpaired) electrons. The fourth-order valence-corrected chi connectivity index (χ4v) is 4.84. The highest BCUT2D eigenvalue weighted by molar-refractivity contribution is 5.88. The largest absolute Gasteiger partial charge is 0.402 e. The van der Waals surface area contributed by atoms with Crippen LogP contribution in [0.2, 0.25) is 0 Å². The van der Waals surface area contributed by atoms with Gasteiger partial charge in [-0.1, -0.05) is 0 Å². The number of rotatable bonds is 3. The summed E-state index contributed by atoms with van der Waals surface area (Å²) in [4.78, 5) is 28.9. The molecule has 2 atom stereocenters. The monoisotopic (exact) mass is 446 g/mol. The van der Waals surface area contributed by atoms with Crippen LogP contribution >= 0.6 is 0 Å². The van der Waals surface area contributed by atoms with Gasteiger partial charge in [0.2, 0.25) is 5.95 Å². The highest BCUT2D eigenvalue weighted by Gasteiger charge is 2.58. The molecule has 0 bridgehead atoms. The molecule has 32 heavy (non-hydrogen) atoms. The zero-order chi connectivity index (χ0) is 22.5. The number of aromatic nitrogens is 3. The van der Waals surface area contributed by atoms with Crippen LogP contribution in [-0.2, 0) is 9.53 Å². The lowest BCUT2D eigenvalue weighted by molar-refractivity contribution is -0.140. The SMILES string of the molecule is N/C=C(/F)c1ncnc(N2CCC3(CC2)O[C@@H]2CC[C@@H](c4cc(F)cc(F)c4)N2C3=O)n1. The van der Waals surface area contributed by atoms with Gasteiger partial charge < -0.3 is 20.3 Å². The average molecular weight is 446 g/mol. The summed E-state index contributed by atoms with van der Waals surface area (Å²) in [5.74, 6) is -2.12. The van der Waals surface area contributed by atoms with Crippen LogP contribution in [0.3, 0.4) is 0 Å². The summed E-state index contributed by atoms with van der Waals surface area (Å²) in [6.07, 6.45) is 3.53. The molecule has 1 aromatic carbocycles. The summed E-state index contributed by atoms with van der Waals surface area (Å²) in [5, 5.41) is 0. The van der Waals surface area contributed by atoms with Crippen molar-refractivity contribution in [1.29, 1.82) is 0 Å². The summed E-state index contributed by atoms with van der Waals surface area (Å²) in [6.45, 7) is 0.839. The number of benzene rings is 1. The average Bonchev–Trinajstić information content (AvgIpc) is 3.31. The fourth-order valence-electron chi connectivity index (χ4n) is 4.84. The van der Waals surface area contributed by atoms with Gasteiger partial charge in [-0.15, -0.1) is 0 Å². The van der Waals surface area contributed by atoms with Crippen LogP contribution in [0, 0.1) is 11.6 Å². The van der Waals surface area contributed by atoms with Crippen molar-refractivity contribution in [2.24, 2.45) is 5.73 Å². The lowest BCUT2D eigenvalue weighted by Gasteiger charge is -2.37. The number of amides is 1. The van der Waals surface area contributed by atoms with Crippen molar-refractivity contribution < 1.29 is 22.7 Å². The number of ether oxygens (including phenoxy) is 1. The Labute approximate surface area is 181 Å². The molecule has 5 rings (SSSR count). The number of halogens is 3. The molecule has 168 valence electrons. The molecule has 11 heteroatoms. The molecule has 4 heterocycles. The van der Waals surface area contributed by atoms with E-state index in [1.807, 2.05) is 4.90 Å². The van der Waals surface area contributed by atoms with Crippen molar-refractivity contribution in [3.8, 4) is 0 Å². The van der Waals surface area contributed by atoms with Gasteiger partial charge in [-0.3, -0.25) is 4.79 Å². The molecular formula is C21H21F3N6O2. The van der Waals surface area contributed by atoms with E-state index < -0.39 is 35.3 Å². The highest BCUT2D eigenvalue weighted by atomic mass is 19.1. The van der Waals surface area contributed by atoms with Crippen LogP contribution in [0.5, 0.6) is 0 Å². The molecule has 2 N–H and O–H groups in total. The van der Waals surface area contributed by atoms with Crippen LogP contribution in [-0.4, -0.2) is 50.7 Å². The Morgan fingerprint density at radius 3 is 2.56 bits per heavy atom. The minimum absolute atomic E-state index is 0.156. The highest BCUT2D eigenvalue weighted by Crippen LogP contribution is 2.47. The van der Waals surface area contributed by atoms with Crippen LogP contribution in [0.15, 0.2) is 30.7 Å². The van der Waals surface area contributed by atoms with Crippen molar-refractivity contribution in [1.82, 2.24) is 19.9 Å². The molecule has 0 unspecified atom stereocenters. The summed E-state index contributed by atoms with van der Waals surface area (Å²) >= 11 is 0. The van der Waals surface area contributed by atoms with Gasteiger partial charge in [0.25, 0.3) is 5.91 Å². The van der Waals surface area contributed by atoms with E-state index in [0.717, 1.165) is 12.3 Å². The van der Waals surface area contributed by atoms with E-state index in [2.05, 4.69) is 15.0 Å². The minimum atomic E-state index is -0.996. The van der Waals surface area contributed by atoms with Crippen LogP contribution < -0.4 is 10.6 Å². The van der Waals surface area contributed by atoms with E-state index in [1.165, 1.54) is 18.5 Å². The molecule has 0 aliphatic carbocycles. The summed E-state index contributed by atoms with van der Waals surface area (Å²) < 4.78 is 47.4. The first-order valence-corrected chi connectivity index (χ1v) is 10.4. The third-order valence-corrected chi connectivity index (χ3v) is 6.36. The van der Waals surface area contributed by atoms with Gasteiger partial charge in [0.1, 0.15) is 24.2 Å². The maximum Gasteiger partial charge on any atom is 0.257 e. The van der Waals surface area contributed by atoms with Gasteiger partial charge in [0.05, 0.1) is 6.04 Å². The molecule has 8 nitrogen and oxygen atoms in total. The Morgan fingerprint density at radius 2 is 1.88 bits per heavy atom. The number of hydrogen-bond acceptors (Lipinski definition) is 7. The lowest BCUT2D eigenvalue weighted by Crippen LogP contribution is -2.50. The van der Waals surface area contributed by atoms with Gasteiger partial charge in [0.15, 0.2) is 17.3 Å². The predicted octanol–water partition coefficient (Wildman–Crippen LogP) is 2.44. The third kappa shape index (κ3) is 3.36. The van der Waals surface area contributed by atoms with Crippen LogP contribution in [0.25, 0.3) is 5.83 Å². The summed E-state index contributed by atoms with van der Waals surface area (Å²) in [5.41, 5.74) is 4.63. The van der Waals surface area contributed by atoms with Gasteiger partial charge in [-0.05, 0) is 30.5 Å². The Morgan fingerprint density at radius 1 is 1.16 bits per heavy atom. The molecule has 3 aliphatic heterocycles. The maximum atomic E-state index is 13.7. The molecular weight excluding hydrogens is 425 g/mol.